The summed E-state index contributed by atoms with van der Waals surface area (Å²) >= 11 is 0. The van der Waals surface area contributed by atoms with Gasteiger partial charge in [-0.2, -0.15) is 0 Å². The van der Waals surface area contributed by atoms with Crippen molar-refractivity contribution in [2.75, 3.05) is 18.0 Å². The zero-order chi connectivity index (χ0) is 13.9. The molecule has 0 aromatic heterocycles. The molecule has 19 heavy (non-hydrogen) atoms. The van der Waals surface area contributed by atoms with E-state index in [1.165, 1.54) is 24.9 Å². The van der Waals surface area contributed by atoms with Gasteiger partial charge >= 0.3 is 5.97 Å². The molecule has 104 valence electrons. The highest BCUT2D eigenvalue weighted by Crippen LogP contribution is 2.21. The molecular weight excluding hydrogens is 238 g/mol. The maximum Gasteiger partial charge on any atom is 0.338 e. The van der Waals surface area contributed by atoms with Gasteiger partial charge in [-0.3, -0.25) is 0 Å². The van der Waals surface area contributed by atoms with E-state index in [-0.39, 0.29) is 5.97 Å². The number of carbonyl (C=O) groups excluding carboxylic acids is 1. The zero-order valence-electron chi connectivity index (χ0n) is 12.1. The molecule has 1 aromatic rings. The lowest BCUT2D eigenvalue weighted by Crippen LogP contribution is -2.29. The van der Waals surface area contributed by atoms with E-state index >= 15 is 0 Å². The van der Waals surface area contributed by atoms with Crippen LogP contribution in [0.3, 0.4) is 0 Å². The second-order valence-corrected chi connectivity index (χ2v) is 6.10. The number of rotatable bonds is 2. The lowest BCUT2D eigenvalue weighted by molar-refractivity contribution is 0.00696. The minimum Gasteiger partial charge on any atom is -0.456 e. The third-order valence-electron chi connectivity index (χ3n) is 3.22. The molecular formula is C16H23NO2. The predicted octanol–water partition coefficient (Wildman–Crippen LogP) is 3.63. The standard InChI is InChI=1S/C16H23NO2/c1-16(2,3)19-15(18)13-7-9-14(10-8-13)17-11-5-4-6-12-17/h7-10H,4-6,11-12H2,1-3H3. The highest BCUT2D eigenvalue weighted by molar-refractivity contribution is 5.90. The maximum atomic E-state index is 11.9. The van der Waals surface area contributed by atoms with E-state index in [4.69, 9.17) is 4.74 Å². The Labute approximate surface area is 115 Å². The van der Waals surface area contributed by atoms with Gasteiger partial charge in [-0.05, 0) is 64.3 Å². The SMILES string of the molecule is CC(C)(C)OC(=O)c1ccc(N2CCCCC2)cc1. The number of ether oxygens (including phenoxy) is 1. The molecule has 1 fully saturated rings. The molecule has 0 aliphatic carbocycles. The summed E-state index contributed by atoms with van der Waals surface area (Å²) in [6, 6.07) is 7.76. The van der Waals surface area contributed by atoms with Crippen LogP contribution in [0, 0.1) is 0 Å². The van der Waals surface area contributed by atoms with Crippen LogP contribution in [0.4, 0.5) is 5.69 Å². The Bertz CT molecular complexity index is 425. The van der Waals surface area contributed by atoms with Crippen molar-refractivity contribution in [2.24, 2.45) is 0 Å². The van der Waals surface area contributed by atoms with Crippen molar-refractivity contribution in [3.8, 4) is 0 Å². The van der Waals surface area contributed by atoms with Crippen LogP contribution in [-0.4, -0.2) is 24.7 Å². The van der Waals surface area contributed by atoms with Gasteiger partial charge in [-0.15, -0.1) is 0 Å². The number of piperidine rings is 1. The largest absolute Gasteiger partial charge is 0.456 e. The fraction of sp³-hybridized carbons (Fsp3) is 0.562. The molecule has 1 heterocycles. The number of benzene rings is 1. The molecule has 0 saturated carbocycles. The van der Waals surface area contributed by atoms with Crippen molar-refractivity contribution >= 4 is 11.7 Å². The van der Waals surface area contributed by atoms with Crippen molar-refractivity contribution in [1.82, 2.24) is 0 Å². The van der Waals surface area contributed by atoms with Gasteiger partial charge in [-0.25, -0.2) is 4.79 Å². The molecule has 0 radical (unpaired) electrons. The molecule has 0 atom stereocenters. The number of hydrogen-bond donors (Lipinski definition) is 0. The summed E-state index contributed by atoms with van der Waals surface area (Å²) in [5.41, 5.74) is 1.38. The van der Waals surface area contributed by atoms with Crippen LogP contribution in [0.25, 0.3) is 0 Å². The Morgan fingerprint density at radius 1 is 1.05 bits per heavy atom. The summed E-state index contributed by atoms with van der Waals surface area (Å²) in [5.74, 6) is -0.252. The Balaban J connectivity index is 2.03. The summed E-state index contributed by atoms with van der Waals surface area (Å²) in [6.07, 6.45) is 3.84. The third kappa shape index (κ3) is 3.98. The lowest BCUT2D eigenvalue weighted by atomic mass is 10.1. The highest BCUT2D eigenvalue weighted by Gasteiger charge is 2.18. The molecule has 1 aliphatic heterocycles. The quantitative estimate of drug-likeness (QED) is 0.761. The van der Waals surface area contributed by atoms with E-state index in [9.17, 15) is 4.79 Å². The molecule has 3 heteroatoms. The van der Waals surface area contributed by atoms with Crippen molar-refractivity contribution < 1.29 is 9.53 Å². The average molecular weight is 261 g/mol. The Morgan fingerprint density at radius 2 is 1.63 bits per heavy atom. The van der Waals surface area contributed by atoms with Gasteiger partial charge < -0.3 is 9.64 Å². The van der Waals surface area contributed by atoms with Crippen LogP contribution >= 0.6 is 0 Å². The molecule has 0 unspecified atom stereocenters. The maximum absolute atomic E-state index is 11.9. The normalized spacial score (nSPS) is 16.3. The molecule has 3 nitrogen and oxygen atoms in total. The van der Waals surface area contributed by atoms with Gasteiger partial charge in [0.1, 0.15) is 5.60 Å². The van der Waals surface area contributed by atoms with E-state index in [0.29, 0.717) is 5.56 Å². The fourth-order valence-corrected chi connectivity index (χ4v) is 2.30. The zero-order valence-corrected chi connectivity index (χ0v) is 12.1. The lowest BCUT2D eigenvalue weighted by Gasteiger charge is -2.28. The predicted molar refractivity (Wildman–Crippen MR) is 77.7 cm³/mol. The van der Waals surface area contributed by atoms with Crippen molar-refractivity contribution in [3.05, 3.63) is 29.8 Å². The van der Waals surface area contributed by atoms with Gasteiger partial charge in [0.15, 0.2) is 0 Å². The van der Waals surface area contributed by atoms with Crippen molar-refractivity contribution in [3.63, 3.8) is 0 Å². The molecule has 1 saturated heterocycles. The van der Waals surface area contributed by atoms with E-state index in [1.807, 2.05) is 45.0 Å². The fourth-order valence-electron chi connectivity index (χ4n) is 2.30. The smallest absolute Gasteiger partial charge is 0.338 e. The van der Waals surface area contributed by atoms with E-state index in [1.54, 1.807) is 0 Å². The molecule has 0 spiro atoms. The Kier molecular flexibility index (Phi) is 4.13. The summed E-state index contributed by atoms with van der Waals surface area (Å²) in [4.78, 5) is 14.3. The first kappa shape index (κ1) is 13.9. The molecule has 2 rings (SSSR count). The number of esters is 1. The number of nitrogens with zero attached hydrogens (tertiary/aromatic N) is 1. The van der Waals surface area contributed by atoms with E-state index in [2.05, 4.69) is 4.90 Å². The van der Waals surface area contributed by atoms with Crippen LogP contribution in [0.2, 0.25) is 0 Å². The molecule has 0 N–H and O–H groups in total. The Hall–Kier alpha value is -1.51. The summed E-state index contributed by atoms with van der Waals surface area (Å²) in [7, 11) is 0. The minimum absolute atomic E-state index is 0.252. The van der Waals surface area contributed by atoms with Gasteiger partial charge in [0.25, 0.3) is 0 Å². The monoisotopic (exact) mass is 261 g/mol. The van der Waals surface area contributed by atoms with Gasteiger partial charge in [-0.1, -0.05) is 0 Å². The second-order valence-electron chi connectivity index (χ2n) is 6.10. The first-order chi connectivity index (χ1) is 8.96. The van der Waals surface area contributed by atoms with E-state index in [0.717, 1.165) is 13.1 Å². The summed E-state index contributed by atoms with van der Waals surface area (Å²) < 4.78 is 5.36. The highest BCUT2D eigenvalue weighted by atomic mass is 16.6. The average Bonchev–Trinajstić information content (AvgIpc) is 2.38. The van der Waals surface area contributed by atoms with Crippen LogP contribution in [-0.2, 0) is 4.74 Å². The number of hydrogen-bond acceptors (Lipinski definition) is 3. The number of anilines is 1. The topological polar surface area (TPSA) is 29.5 Å². The summed E-state index contributed by atoms with van der Waals surface area (Å²) in [5, 5.41) is 0. The Morgan fingerprint density at radius 3 is 2.16 bits per heavy atom. The van der Waals surface area contributed by atoms with Crippen molar-refractivity contribution in [1.29, 1.82) is 0 Å². The first-order valence-corrected chi connectivity index (χ1v) is 7.04. The van der Waals surface area contributed by atoms with Gasteiger partial charge in [0.2, 0.25) is 0 Å². The minimum atomic E-state index is -0.442. The number of carbonyl (C=O) groups is 1. The van der Waals surface area contributed by atoms with E-state index < -0.39 is 5.60 Å². The third-order valence-corrected chi connectivity index (χ3v) is 3.22. The van der Waals surface area contributed by atoms with Gasteiger partial charge in [0.05, 0.1) is 5.56 Å². The first-order valence-electron chi connectivity index (χ1n) is 7.04. The van der Waals surface area contributed by atoms with Gasteiger partial charge in [0, 0.05) is 18.8 Å². The van der Waals surface area contributed by atoms with Crippen LogP contribution in [0.5, 0.6) is 0 Å². The molecule has 0 amide bonds. The summed E-state index contributed by atoms with van der Waals surface area (Å²) in [6.45, 7) is 7.88. The van der Waals surface area contributed by atoms with Crippen LogP contribution in [0.15, 0.2) is 24.3 Å². The van der Waals surface area contributed by atoms with Crippen molar-refractivity contribution in [2.45, 2.75) is 45.6 Å². The van der Waals surface area contributed by atoms with Crippen LogP contribution < -0.4 is 4.90 Å². The second kappa shape index (κ2) is 5.64. The molecule has 1 aromatic carbocycles. The molecule has 0 bridgehead atoms. The van der Waals surface area contributed by atoms with Crippen LogP contribution in [0.1, 0.15) is 50.4 Å². The molecule has 1 aliphatic rings.